The average molecular weight is 204 g/mol. The highest BCUT2D eigenvalue weighted by atomic mass is 16.5. The van der Waals surface area contributed by atoms with Crippen LogP contribution in [-0.4, -0.2) is 31.1 Å². The molecule has 0 aliphatic carbocycles. The molecule has 1 fully saturated rings. The summed E-state index contributed by atoms with van der Waals surface area (Å²) in [5.74, 6) is 0.946. The van der Waals surface area contributed by atoms with Gasteiger partial charge in [0, 0.05) is 6.54 Å². The van der Waals surface area contributed by atoms with Gasteiger partial charge < -0.3 is 4.74 Å². The Bertz CT molecular complexity index is 288. The summed E-state index contributed by atoms with van der Waals surface area (Å²) in [5.41, 5.74) is 1.03. The summed E-state index contributed by atoms with van der Waals surface area (Å²) >= 11 is 0. The molecule has 1 heterocycles. The summed E-state index contributed by atoms with van der Waals surface area (Å²) in [4.78, 5) is 2.45. The largest absolute Gasteiger partial charge is 0.492 e. The molecule has 1 aliphatic rings. The highest BCUT2D eigenvalue weighted by molar-refractivity contribution is 5.28. The Hall–Kier alpha value is -1.02. The van der Waals surface area contributed by atoms with Crippen molar-refractivity contribution >= 4 is 0 Å². The van der Waals surface area contributed by atoms with Crippen molar-refractivity contribution in [1.29, 1.82) is 0 Å². The van der Waals surface area contributed by atoms with Crippen molar-refractivity contribution in [1.82, 2.24) is 4.90 Å². The predicted octanol–water partition coefficient (Wildman–Crippen LogP) is 2.34. The van der Waals surface area contributed by atoms with Crippen LogP contribution in [0, 0.1) is 6.92 Å². The van der Waals surface area contributed by atoms with Gasteiger partial charge in [0.1, 0.15) is 12.4 Å². The zero-order valence-corrected chi connectivity index (χ0v) is 9.11. The summed E-state index contributed by atoms with van der Waals surface area (Å²) in [6.45, 7) is 8.15. The Labute approximate surface area is 91.9 Å². The summed E-state index contributed by atoms with van der Waals surface area (Å²) < 4.78 is 5.65. The van der Waals surface area contributed by atoms with Gasteiger partial charge in [-0.1, -0.05) is 12.1 Å². The molecule has 0 spiro atoms. The van der Waals surface area contributed by atoms with Gasteiger partial charge in [0.2, 0.25) is 0 Å². The van der Waals surface area contributed by atoms with E-state index in [0.717, 1.165) is 24.5 Å². The molecule has 0 saturated carbocycles. The van der Waals surface area contributed by atoms with Gasteiger partial charge in [0.15, 0.2) is 0 Å². The van der Waals surface area contributed by atoms with Crippen molar-refractivity contribution in [3.8, 4) is 5.75 Å². The molecule has 81 valence electrons. The molecule has 15 heavy (non-hydrogen) atoms. The van der Waals surface area contributed by atoms with Crippen molar-refractivity contribution in [3.63, 3.8) is 0 Å². The molecule has 0 atom stereocenters. The minimum Gasteiger partial charge on any atom is -0.492 e. The summed E-state index contributed by atoms with van der Waals surface area (Å²) in [5, 5.41) is 0. The van der Waals surface area contributed by atoms with E-state index in [2.05, 4.69) is 11.8 Å². The van der Waals surface area contributed by atoms with Crippen molar-refractivity contribution < 1.29 is 4.74 Å². The summed E-state index contributed by atoms with van der Waals surface area (Å²) in [7, 11) is 0. The third kappa shape index (κ3) is 3.24. The molecule has 1 radical (unpaired) electrons. The number of benzene rings is 1. The quantitative estimate of drug-likeness (QED) is 0.746. The maximum Gasteiger partial charge on any atom is 0.119 e. The monoisotopic (exact) mass is 204 g/mol. The van der Waals surface area contributed by atoms with E-state index in [4.69, 9.17) is 4.74 Å². The maximum atomic E-state index is 5.65. The number of hydrogen-bond acceptors (Lipinski definition) is 2. The molecule has 1 aromatic carbocycles. The lowest BCUT2D eigenvalue weighted by Gasteiger charge is -2.14. The van der Waals surface area contributed by atoms with Gasteiger partial charge in [-0.15, -0.1) is 0 Å². The summed E-state index contributed by atoms with van der Waals surface area (Å²) in [6, 6.07) is 7.91. The molecule has 0 bridgehead atoms. The standard InChI is InChI=1S/C13H18NO/c1-12-4-6-13(7-5-12)15-11-10-14-8-2-3-9-14/h4-7H,1-3,8-11H2. The molecule has 0 unspecified atom stereocenters. The van der Waals surface area contributed by atoms with Crippen LogP contribution in [0.4, 0.5) is 0 Å². The minimum absolute atomic E-state index is 0.788. The fourth-order valence-corrected chi connectivity index (χ4v) is 1.88. The molecule has 0 N–H and O–H groups in total. The third-order valence-corrected chi connectivity index (χ3v) is 2.80. The Kier molecular flexibility index (Phi) is 3.62. The van der Waals surface area contributed by atoms with Crippen LogP contribution in [0.1, 0.15) is 18.4 Å². The van der Waals surface area contributed by atoms with Gasteiger partial charge in [-0.25, -0.2) is 0 Å². The minimum atomic E-state index is 0.788. The van der Waals surface area contributed by atoms with Gasteiger partial charge in [0.25, 0.3) is 0 Å². The number of likely N-dealkylation sites (tertiary alicyclic amines) is 1. The van der Waals surface area contributed by atoms with Crippen LogP contribution < -0.4 is 4.74 Å². The van der Waals surface area contributed by atoms with Crippen LogP contribution in [0.3, 0.4) is 0 Å². The van der Waals surface area contributed by atoms with Crippen LogP contribution in [0.2, 0.25) is 0 Å². The Morgan fingerprint density at radius 1 is 1.13 bits per heavy atom. The molecular weight excluding hydrogens is 186 g/mol. The Morgan fingerprint density at radius 3 is 2.47 bits per heavy atom. The Balaban J connectivity index is 1.71. The van der Waals surface area contributed by atoms with E-state index < -0.39 is 0 Å². The van der Waals surface area contributed by atoms with E-state index in [9.17, 15) is 0 Å². The zero-order chi connectivity index (χ0) is 10.5. The molecule has 0 amide bonds. The van der Waals surface area contributed by atoms with Gasteiger partial charge in [-0.05, 0) is 50.6 Å². The smallest absolute Gasteiger partial charge is 0.119 e. The first-order valence-electron chi connectivity index (χ1n) is 5.62. The molecule has 2 rings (SSSR count). The molecular formula is C13H18NO. The van der Waals surface area contributed by atoms with E-state index in [1.165, 1.54) is 25.9 Å². The van der Waals surface area contributed by atoms with Crippen LogP contribution >= 0.6 is 0 Å². The van der Waals surface area contributed by atoms with Gasteiger partial charge >= 0.3 is 0 Å². The fourth-order valence-electron chi connectivity index (χ4n) is 1.88. The van der Waals surface area contributed by atoms with Crippen LogP contribution in [0.15, 0.2) is 24.3 Å². The van der Waals surface area contributed by atoms with E-state index in [1.807, 2.05) is 24.3 Å². The Morgan fingerprint density at radius 2 is 1.80 bits per heavy atom. The first-order valence-corrected chi connectivity index (χ1v) is 5.62. The second-order valence-corrected chi connectivity index (χ2v) is 4.04. The van der Waals surface area contributed by atoms with Gasteiger partial charge in [0.05, 0.1) is 0 Å². The third-order valence-electron chi connectivity index (χ3n) is 2.80. The average Bonchev–Trinajstić information content (AvgIpc) is 2.74. The molecule has 2 nitrogen and oxygen atoms in total. The summed E-state index contributed by atoms with van der Waals surface area (Å²) in [6.07, 6.45) is 2.69. The zero-order valence-electron chi connectivity index (χ0n) is 9.11. The molecule has 0 aromatic heterocycles. The van der Waals surface area contributed by atoms with Gasteiger partial charge in [-0.2, -0.15) is 0 Å². The number of hydrogen-bond donors (Lipinski definition) is 0. The normalized spacial score (nSPS) is 16.9. The van der Waals surface area contributed by atoms with E-state index >= 15 is 0 Å². The molecule has 2 heteroatoms. The van der Waals surface area contributed by atoms with E-state index in [0.29, 0.717) is 0 Å². The van der Waals surface area contributed by atoms with Gasteiger partial charge in [-0.3, -0.25) is 4.90 Å². The van der Waals surface area contributed by atoms with Crippen LogP contribution in [0.25, 0.3) is 0 Å². The first kappa shape index (κ1) is 10.5. The lowest BCUT2D eigenvalue weighted by Crippen LogP contribution is -2.25. The highest BCUT2D eigenvalue weighted by Gasteiger charge is 2.10. The predicted molar refractivity (Wildman–Crippen MR) is 62.1 cm³/mol. The van der Waals surface area contributed by atoms with E-state index in [-0.39, 0.29) is 0 Å². The molecule has 1 aliphatic heterocycles. The molecule has 1 saturated heterocycles. The number of rotatable bonds is 4. The number of ether oxygens (including phenoxy) is 1. The maximum absolute atomic E-state index is 5.65. The lowest BCUT2D eigenvalue weighted by molar-refractivity contribution is 0.238. The van der Waals surface area contributed by atoms with Crippen molar-refractivity contribution in [3.05, 3.63) is 36.8 Å². The first-order chi connectivity index (χ1) is 7.34. The second kappa shape index (κ2) is 5.17. The lowest BCUT2D eigenvalue weighted by atomic mass is 10.2. The number of nitrogens with zero attached hydrogens (tertiary/aromatic N) is 1. The van der Waals surface area contributed by atoms with Crippen molar-refractivity contribution in [2.45, 2.75) is 12.8 Å². The van der Waals surface area contributed by atoms with Crippen LogP contribution in [0.5, 0.6) is 5.75 Å². The fraction of sp³-hybridized carbons (Fsp3) is 0.462. The molecule has 1 aromatic rings. The topological polar surface area (TPSA) is 12.5 Å². The van der Waals surface area contributed by atoms with Crippen molar-refractivity contribution in [2.24, 2.45) is 0 Å². The van der Waals surface area contributed by atoms with Crippen molar-refractivity contribution in [2.75, 3.05) is 26.2 Å². The highest BCUT2D eigenvalue weighted by Crippen LogP contribution is 2.12. The second-order valence-electron chi connectivity index (χ2n) is 4.04. The SMILES string of the molecule is [CH2]c1ccc(OCCN2CCCC2)cc1. The van der Waals surface area contributed by atoms with Crippen LogP contribution in [-0.2, 0) is 0 Å². The van der Waals surface area contributed by atoms with E-state index in [1.54, 1.807) is 0 Å².